The average molecular weight is 389 g/mol. The number of hydrogen-bond donors (Lipinski definition) is 2. The number of rotatable bonds is 3. The van der Waals surface area contributed by atoms with Crippen LogP contribution in [0.15, 0.2) is 42.6 Å². The summed E-state index contributed by atoms with van der Waals surface area (Å²) in [7, 11) is 0. The molecule has 0 spiro atoms. The van der Waals surface area contributed by atoms with Crippen molar-refractivity contribution in [3.05, 3.63) is 63.8 Å². The molecule has 3 rings (SSSR count). The van der Waals surface area contributed by atoms with Crippen LogP contribution in [-0.4, -0.2) is 27.6 Å². The van der Waals surface area contributed by atoms with E-state index in [1.807, 2.05) is 0 Å². The summed E-state index contributed by atoms with van der Waals surface area (Å²) in [5.74, 6) is 0. The number of halogens is 5. The van der Waals surface area contributed by atoms with E-state index in [2.05, 4.69) is 10.2 Å². The van der Waals surface area contributed by atoms with Crippen LogP contribution in [0.2, 0.25) is 10.0 Å². The Hall–Kier alpha value is -1.76. The minimum atomic E-state index is -4.84. The molecule has 2 N–H and O–H groups in total. The summed E-state index contributed by atoms with van der Waals surface area (Å²) in [4.78, 5) is 0. The van der Waals surface area contributed by atoms with Crippen LogP contribution in [0, 0.1) is 0 Å². The number of aliphatic hydroxyl groups excluding tert-OH is 1. The fourth-order valence-electron chi connectivity index (χ4n) is 2.96. The van der Waals surface area contributed by atoms with Gasteiger partial charge in [0, 0.05) is 15.4 Å². The zero-order valence-corrected chi connectivity index (χ0v) is 14.4. The zero-order valence-electron chi connectivity index (χ0n) is 12.9. The molecule has 2 aromatic carbocycles. The van der Waals surface area contributed by atoms with Crippen LogP contribution in [0.25, 0.3) is 10.9 Å². The van der Waals surface area contributed by atoms with Gasteiger partial charge in [0.25, 0.3) is 0 Å². The standard InChI is InChI=1S/C17H13Cl2F3N2O/c1-16(15(25)17(20,21)22,12-4-3-11(18)7-13(12)19)10-2-5-14-9(6-10)8-23-24-14/h2-8,15,25H,1H3,(H,23,24). The molecule has 1 heterocycles. The number of aliphatic hydroxyl groups is 1. The number of hydrogen-bond acceptors (Lipinski definition) is 2. The Morgan fingerprint density at radius 1 is 1.12 bits per heavy atom. The quantitative estimate of drug-likeness (QED) is 0.655. The molecule has 0 aliphatic rings. The topological polar surface area (TPSA) is 48.9 Å². The second kappa shape index (κ2) is 6.20. The molecule has 0 aliphatic carbocycles. The molecule has 2 atom stereocenters. The fraction of sp³-hybridized carbons (Fsp3) is 0.235. The van der Waals surface area contributed by atoms with Crippen molar-refractivity contribution >= 4 is 34.1 Å². The molecule has 132 valence electrons. The summed E-state index contributed by atoms with van der Waals surface area (Å²) in [5.41, 5.74) is -0.762. The van der Waals surface area contributed by atoms with E-state index in [1.165, 1.54) is 37.4 Å². The van der Waals surface area contributed by atoms with Gasteiger partial charge in [0.15, 0.2) is 6.10 Å². The van der Waals surface area contributed by atoms with Crippen molar-refractivity contribution in [3.63, 3.8) is 0 Å². The minimum Gasteiger partial charge on any atom is -0.382 e. The van der Waals surface area contributed by atoms with Crippen molar-refractivity contribution in [1.82, 2.24) is 10.2 Å². The predicted molar refractivity (Wildman–Crippen MR) is 91.1 cm³/mol. The highest BCUT2D eigenvalue weighted by atomic mass is 35.5. The first-order valence-electron chi connectivity index (χ1n) is 7.28. The first-order chi connectivity index (χ1) is 11.6. The van der Waals surface area contributed by atoms with Gasteiger partial charge in [-0.15, -0.1) is 0 Å². The number of alkyl halides is 3. The van der Waals surface area contributed by atoms with E-state index in [0.717, 1.165) is 0 Å². The van der Waals surface area contributed by atoms with Gasteiger partial charge in [-0.2, -0.15) is 18.3 Å². The normalized spacial score (nSPS) is 16.0. The van der Waals surface area contributed by atoms with Gasteiger partial charge >= 0.3 is 6.18 Å². The van der Waals surface area contributed by atoms with Crippen LogP contribution in [0.5, 0.6) is 0 Å². The minimum absolute atomic E-state index is 0.0468. The van der Waals surface area contributed by atoms with Crippen molar-refractivity contribution in [2.45, 2.75) is 24.6 Å². The third kappa shape index (κ3) is 3.10. The number of nitrogens with zero attached hydrogens (tertiary/aromatic N) is 1. The van der Waals surface area contributed by atoms with E-state index in [0.29, 0.717) is 15.9 Å². The Morgan fingerprint density at radius 3 is 2.48 bits per heavy atom. The van der Waals surface area contributed by atoms with Crippen LogP contribution >= 0.6 is 23.2 Å². The van der Waals surface area contributed by atoms with Crippen LogP contribution in [0.1, 0.15) is 18.1 Å². The van der Waals surface area contributed by atoms with E-state index >= 15 is 0 Å². The fourth-order valence-corrected chi connectivity index (χ4v) is 3.57. The highest BCUT2D eigenvalue weighted by Gasteiger charge is 2.52. The van der Waals surface area contributed by atoms with Crippen LogP contribution < -0.4 is 0 Å². The lowest BCUT2D eigenvalue weighted by molar-refractivity contribution is -0.218. The maximum absolute atomic E-state index is 13.4. The Bertz CT molecular complexity index is 926. The first-order valence-corrected chi connectivity index (χ1v) is 8.03. The summed E-state index contributed by atoms with van der Waals surface area (Å²) in [5, 5.41) is 17.8. The van der Waals surface area contributed by atoms with E-state index in [9.17, 15) is 18.3 Å². The first kappa shape index (κ1) is 18.0. The van der Waals surface area contributed by atoms with Crippen molar-refractivity contribution in [2.75, 3.05) is 0 Å². The molecule has 0 bridgehead atoms. The van der Waals surface area contributed by atoms with Gasteiger partial charge < -0.3 is 5.11 Å². The van der Waals surface area contributed by atoms with Crippen molar-refractivity contribution in [3.8, 4) is 0 Å². The highest BCUT2D eigenvalue weighted by Crippen LogP contribution is 2.45. The molecule has 0 saturated heterocycles. The Morgan fingerprint density at radius 2 is 1.84 bits per heavy atom. The summed E-state index contributed by atoms with van der Waals surface area (Å²) < 4.78 is 40.3. The lowest BCUT2D eigenvalue weighted by atomic mass is 9.71. The predicted octanol–water partition coefficient (Wildman–Crippen LogP) is 5.10. The van der Waals surface area contributed by atoms with E-state index < -0.39 is 17.7 Å². The third-order valence-corrected chi connectivity index (χ3v) is 4.94. The molecule has 25 heavy (non-hydrogen) atoms. The molecule has 3 nitrogen and oxygen atoms in total. The van der Waals surface area contributed by atoms with Crippen molar-refractivity contribution in [1.29, 1.82) is 0 Å². The monoisotopic (exact) mass is 388 g/mol. The molecule has 0 saturated carbocycles. The largest absolute Gasteiger partial charge is 0.415 e. The number of fused-ring (bicyclic) bond motifs is 1. The molecule has 0 radical (unpaired) electrons. The zero-order chi connectivity index (χ0) is 18.4. The number of benzene rings is 2. The maximum Gasteiger partial charge on any atom is 0.415 e. The van der Waals surface area contributed by atoms with Gasteiger partial charge in [0.05, 0.1) is 17.1 Å². The van der Waals surface area contributed by atoms with E-state index in [1.54, 1.807) is 12.1 Å². The molecule has 0 fully saturated rings. The van der Waals surface area contributed by atoms with Gasteiger partial charge in [-0.25, -0.2) is 0 Å². The van der Waals surface area contributed by atoms with Crippen LogP contribution in [0.3, 0.4) is 0 Å². The molecule has 2 unspecified atom stereocenters. The van der Waals surface area contributed by atoms with Gasteiger partial charge in [0.1, 0.15) is 0 Å². The summed E-state index contributed by atoms with van der Waals surface area (Å²) in [6.07, 6.45) is -6.01. The summed E-state index contributed by atoms with van der Waals surface area (Å²) >= 11 is 12.0. The molecule has 0 aliphatic heterocycles. The molecule has 1 aromatic heterocycles. The SMILES string of the molecule is CC(c1ccc2[nH]ncc2c1)(c1ccc(Cl)cc1Cl)C(O)C(F)(F)F. The number of nitrogens with one attached hydrogen (secondary N) is 1. The van der Waals surface area contributed by atoms with Gasteiger partial charge in [-0.1, -0.05) is 35.3 Å². The second-order valence-electron chi connectivity index (χ2n) is 5.94. The van der Waals surface area contributed by atoms with Crippen molar-refractivity contribution in [2.24, 2.45) is 0 Å². The number of aromatic nitrogens is 2. The Labute approximate surface area is 151 Å². The summed E-state index contributed by atoms with van der Waals surface area (Å²) in [6, 6.07) is 8.89. The number of aromatic amines is 1. The lowest BCUT2D eigenvalue weighted by Crippen LogP contribution is -2.47. The van der Waals surface area contributed by atoms with Crippen LogP contribution in [-0.2, 0) is 5.41 Å². The van der Waals surface area contributed by atoms with Crippen LogP contribution in [0.4, 0.5) is 13.2 Å². The molecule has 0 amide bonds. The molecular formula is C17H13Cl2F3N2O. The van der Waals surface area contributed by atoms with Gasteiger partial charge in [0.2, 0.25) is 0 Å². The smallest absolute Gasteiger partial charge is 0.382 e. The molecule has 8 heteroatoms. The van der Waals surface area contributed by atoms with Gasteiger partial charge in [-0.3, -0.25) is 5.10 Å². The van der Waals surface area contributed by atoms with E-state index in [4.69, 9.17) is 23.2 Å². The Kier molecular flexibility index (Phi) is 4.47. The Balaban J connectivity index is 2.27. The van der Waals surface area contributed by atoms with Crippen molar-refractivity contribution < 1.29 is 18.3 Å². The number of H-pyrrole nitrogens is 1. The third-order valence-electron chi connectivity index (χ3n) is 4.39. The highest BCUT2D eigenvalue weighted by molar-refractivity contribution is 6.35. The lowest BCUT2D eigenvalue weighted by Gasteiger charge is -2.37. The average Bonchev–Trinajstić information content (AvgIpc) is 3.00. The second-order valence-corrected chi connectivity index (χ2v) is 6.79. The molecule has 3 aromatic rings. The maximum atomic E-state index is 13.4. The summed E-state index contributed by atoms with van der Waals surface area (Å²) in [6.45, 7) is 1.31. The van der Waals surface area contributed by atoms with Gasteiger partial charge in [-0.05, 0) is 42.3 Å². The molecular weight excluding hydrogens is 376 g/mol. The van der Waals surface area contributed by atoms with E-state index in [-0.39, 0.29) is 16.1 Å².